The summed E-state index contributed by atoms with van der Waals surface area (Å²) in [5.74, 6) is -1.22. The maximum absolute atomic E-state index is 13.6. The van der Waals surface area contributed by atoms with E-state index in [-0.39, 0.29) is 4.90 Å². The van der Waals surface area contributed by atoms with Gasteiger partial charge in [0.05, 0.1) is 16.5 Å². The molecule has 35 heavy (non-hydrogen) atoms. The van der Waals surface area contributed by atoms with Crippen LogP contribution in [0.15, 0.2) is 46.4 Å². The predicted octanol–water partition coefficient (Wildman–Crippen LogP) is 5.73. The van der Waals surface area contributed by atoms with E-state index in [1.807, 2.05) is 35.2 Å². The zero-order valence-corrected chi connectivity index (χ0v) is 20.8. The summed E-state index contributed by atoms with van der Waals surface area (Å²) < 4.78 is 30.0. The normalized spacial score (nSPS) is 15.8. The molecule has 0 amide bonds. The molecular weight excluding hydrogens is 466 g/mol. The molecule has 1 atom stereocenters. The van der Waals surface area contributed by atoms with Gasteiger partial charge in [-0.05, 0) is 74.0 Å². The lowest BCUT2D eigenvalue weighted by Gasteiger charge is -2.23. The van der Waals surface area contributed by atoms with E-state index in [1.54, 1.807) is 33.8 Å². The molecule has 4 rings (SSSR count). The first-order chi connectivity index (χ1) is 16.6. The molecule has 0 unspecified atom stereocenters. The molecule has 0 aromatic heterocycles. The number of hydrogen-bond donors (Lipinski definition) is 2. The molecule has 0 saturated carbocycles. The van der Waals surface area contributed by atoms with Crippen LogP contribution in [-0.2, 0) is 14.8 Å². The van der Waals surface area contributed by atoms with E-state index in [2.05, 4.69) is 14.7 Å². The molecule has 9 nitrogen and oxygen atoms in total. The molecule has 0 spiro atoms. The molecule has 1 fully saturated rings. The molecule has 2 N–H and O–H groups in total. The van der Waals surface area contributed by atoms with Gasteiger partial charge in [0.2, 0.25) is 0 Å². The smallest absolute Gasteiger partial charge is 0.308 e. The van der Waals surface area contributed by atoms with Gasteiger partial charge in [-0.2, -0.15) is 0 Å². The van der Waals surface area contributed by atoms with Crippen LogP contribution < -0.4 is 9.62 Å². The van der Waals surface area contributed by atoms with Crippen molar-refractivity contribution in [2.24, 2.45) is 11.0 Å². The Hall–Kier alpha value is -3.75. The summed E-state index contributed by atoms with van der Waals surface area (Å²) >= 11 is 0. The summed E-state index contributed by atoms with van der Waals surface area (Å²) in [6, 6.07) is 11.0. The standard InChI is InChI=1S/C25H27N5O4S/c1-14-16(3)24(17(4)15(2)23(14)27-29-26)35(33,34)28-21-9-10-22(20-8-6-5-7-19(20)21)30-12-11-18(13-30)25(31)32/h5-10,18,28H,11-13H2,1-4H3,(H,31,32)/t18-/m0/s1. The molecule has 1 aliphatic rings. The lowest BCUT2D eigenvalue weighted by Crippen LogP contribution is -2.23. The second-order valence-electron chi connectivity index (χ2n) is 8.92. The molecule has 0 aliphatic carbocycles. The number of carboxylic acid groups (broad SMARTS) is 1. The zero-order chi connectivity index (χ0) is 25.5. The summed E-state index contributed by atoms with van der Waals surface area (Å²) in [4.78, 5) is 16.5. The summed E-state index contributed by atoms with van der Waals surface area (Å²) in [5.41, 5.74) is 13.0. The van der Waals surface area contributed by atoms with Crippen LogP contribution in [0.2, 0.25) is 0 Å². The van der Waals surface area contributed by atoms with E-state index >= 15 is 0 Å². The molecule has 1 saturated heterocycles. The van der Waals surface area contributed by atoms with Gasteiger partial charge >= 0.3 is 5.97 Å². The Morgan fingerprint density at radius 3 is 2.26 bits per heavy atom. The lowest BCUT2D eigenvalue weighted by atomic mass is 9.99. The van der Waals surface area contributed by atoms with E-state index in [1.165, 1.54) is 0 Å². The number of carbonyl (C=O) groups is 1. The van der Waals surface area contributed by atoms with Gasteiger partial charge in [-0.15, -0.1) is 0 Å². The lowest BCUT2D eigenvalue weighted by molar-refractivity contribution is -0.140. The van der Waals surface area contributed by atoms with Gasteiger partial charge in [-0.25, -0.2) is 8.42 Å². The first-order valence-electron chi connectivity index (χ1n) is 11.2. The van der Waals surface area contributed by atoms with E-state index in [0.29, 0.717) is 53.1 Å². The van der Waals surface area contributed by atoms with E-state index in [0.717, 1.165) is 16.5 Å². The molecule has 0 radical (unpaired) electrons. The van der Waals surface area contributed by atoms with Crippen molar-refractivity contribution in [3.8, 4) is 0 Å². The zero-order valence-electron chi connectivity index (χ0n) is 20.0. The summed E-state index contributed by atoms with van der Waals surface area (Å²) in [6.07, 6.45) is 0.571. The van der Waals surface area contributed by atoms with Crippen molar-refractivity contribution >= 4 is 43.8 Å². The maximum atomic E-state index is 13.6. The second-order valence-corrected chi connectivity index (χ2v) is 10.5. The van der Waals surface area contributed by atoms with Crippen molar-refractivity contribution in [1.29, 1.82) is 0 Å². The number of azide groups is 1. The highest BCUT2D eigenvalue weighted by molar-refractivity contribution is 7.92. The minimum Gasteiger partial charge on any atom is -0.481 e. The van der Waals surface area contributed by atoms with Gasteiger partial charge in [0.15, 0.2) is 0 Å². The number of sulfonamides is 1. The third-order valence-electron chi connectivity index (χ3n) is 6.95. The van der Waals surface area contributed by atoms with E-state index in [9.17, 15) is 18.3 Å². The van der Waals surface area contributed by atoms with Gasteiger partial charge in [0.1, 0.15) is 0 Å². The van der Waals surface area contributed by atoms with Crippen LogP contribution in [0, 0.1) is 33.6 Å². The van der Waals surface area contributed by atoms with E-state index in [4.69, 9.17) is 5.53 Å². The highest BCUT2D eigenvalue weighted by Crippen LogP contribution is 2.39. The Morgan fingerprint density at radius 2 is 1.69 bits per heavy atom. The number of aliphatic carboxylic acids is 1. The van der Waals surface area contributed by atoms with Crippen molar-refractivity contribution < 1.29 is 18.3 Å². The van der Waals surface area contributed by atoms with Crippen molar-refractivity contribution in [3.05, 3.63) is 69.1 Å². The molecule has 3 aromatic carbocycles. The second kappa shape index (κ2) is 9.13. The number of nitrogens with zero attached hydrogens (tertiary/aromatic N) is 4. The topological polar surface area (TPSA) is 135 Å². The molecule has 182 valence electrons. The van der Waals surface area contributed by atoms with Gasteiger partial charge in [-0.3, -0.25) is 9.52 Å². The largest absolute Gasteiger partial charge is 0.481 e. The molecule has 10 heteroatoms. The van der Waals surface area contributed by atoms with Gasteiger partial charge < -0.3 is 10.0 Å². The maximum Gasteiger partial charge on any atom is 0.308 e. The first-order valence-corrected chi connectivity index (χ1v) is 12.7. The van der Waals surface area contributed by atoms with Gasteiger partial charge in [0, 0.05) is 40.1 Å². The van der Waals surface area contributed by atoms with Crippen LogP contribution in [0.25, 0.3) is 21.2 Å². The van der Waals surface area contributed by atoms with Crippen LogP contribution in [0.4, 0.5) is 17.1 Å². The quantitative estimate of drug-likeness (QED) is 0.257. The van der Waals surface area contributed by atoms with Crippen molar-refractivity contribution in [2.75, 3.05) is 22.7 Å². The number of carboxylic acids is 1. The Kier molecular flexibility index (Phi) is 6.36. The van der Waals surface area contributed by atoms with Crippen molar-refractivity contribution in [3.63, 3.8) is 0 Å². The number of fused-ring (bicyclic) bond motifs is 1. The SMILES string of the molecule is Cc1c(C)c(S(=O)(=O)Nc2ccc(N3CC[C@H](C(=O)O)C3)c3ccccc23)c(C)c(C)c1N=[N+]=[N-]. The summed E-state index contributed by atoms with van der Waals surface area (Å²) in [7, 11) is -3.97. The van der Waals surface area contributed by atoms with E-state index < -0.39 is 21.9 Å². The predicted molar refractivity (Wildman–Crippen MR) is 137 cm³/mol. The minimum absolute atomic E-state index is 0.168. The Morgan fingerprint density at radius 1 is 1.06 bits per heavy atom. The van der Waals surface area contributed by atoms with Crippen LogP contribution >= 0.6 is 0 Å². The fourth-order valence-electron chi connectivity index (χ4n) is 4.88. The Balaban J connectivity index is 1.79. The molecular formula is C25H27N5O4S. The highest BCUT2D eigenvalue weighted by atomic mass is 32.2. The monoisotopic (exact) mass is 493 g/mol. The number of rotatable bonds is 6. The van der Waals surface area contributed by atoms with Gasteiger partial charge in [0.25, 0.3) is 10.0 Å². The van der Waals surface area contributed by atoms with Crippen molar-refractivity contribution in [1.82, 2.24) is 0 Å². The Bertz CT molecular complexity index is 1480. The van der Waals surface area contributed by atoms with Crippen LogP contribution in [0.3, 0.4) is 0 Å². The average Bonchev–Trinajstić information content (AvgIpc) is 3.31. The first kappa shape index (κ1) is 24.4. The minimum atomic E-state index is -3.97. The number of hydrogen-bond acceptors (Lipinski definition) is 5. The molecule has 0 bridgehead atoms. The number of anilines is 2. The van der Waals surface area contributed by atoms with Crippen LogP contribution in [0.1, 0.15) is 28.7 Å². The highest BCUT2D eigenvalue weighted by Gasteiger charge is 2.30. The average molecular weight is 494 g/mol. The van der Waals surface area contributed by atoms with Gasteiger partial charge in [-0.1, -0.05) is 29.4 Å². The number of nitrogens with one attached hydrogen (secondary N) is 1. The van der Waals surface area contributed by atoms with Crippen LogP contribution in [0.5, 0.6) is 0 Å². The summed E-state index contributed by atoms with van der Waals surface area (Å²) in [6.45, 7) is 7.95. The third-order valence-corrected chi connectivity index (χ3v) is 8.59. The van der Waals surface area contributed by atoms with Crippen LogP contribution in [-0.4, -0.2) is 32.6 Å². The molecule has 1 aliphatic heterocycles. The van der Waals surface area contributed by atoms with Crippen molar-refractivity contribution in [2.45, 2.75) is 39.0 Å². The third kappa shape index (κ3) is 4.26. The molecule has 1 heterocycles. The molecule has 3 aromatic rings. The fourth-order valence-corrected chi connectivity index (χ4v) is 6.56. The fraction of sp³-hybridized carbons (Fsp3) is 0.320. The number of benzene rings is 3. The summed E-state index contributed by atoms with van der Waals surface area (Å²) in [5, 5.41) is 14.7. The Labute approximate surface area is 204 Å².